The van der Waals surface area contributed by atoms with Crippen molar-refractivity contribution in [1.82, 2.24) is 19.9 Å². The first-order valence-electron chi connectivity index (χ1n) is 6.49. The number of thioether (sulfide) groups is 1. The number of hydrogen-bond acceptors (Lipinski definition) is 4. The Morgan fingerprint density at radius 1 is 1.19 bits per heavy atom. The zero-order chi connectivity index (χ0) is 14.7. The smallest absolute Gasteiger partial charge is 0.252 e. The van der Waals surface area contributed by atoms with Gasteiger partial charge < -0.3 is 5.32 Å². The molecule has 0 bridgehead atoms. The lowest BCUT2D eigenvalue weighted by molar-refractivity contribution is 0.0947. The minimum Gasteiger partial charge on any atom is -0.345 e. The third kappa shape index (κ3) is 2.75. The van der Waals surface area contributed by atoms with Crippen LogP contribution in [0.5, 0.6) is 0 Å². The zero-order valence-electron chi connectivity index (χ0n) is 11.5. The van der Waals surface area contributed by atoms with Gasteiger partial charge in [0.05, 0.1) is 12.1 Å². The summed E-state index contributed by atoms with van der Waals surface area (Å²) in [7, 11) is 0. The van der Waals surface area contributed by atoms with Gasteiger partial charge >= 0.3 is 0 Å². The number of rotatable bonds is 4. The lowest BCUT2D eigenvalue weighted by Gasteiger charge is -2.07. The second kappa shape index (κ2) is 5.97. The number of benzene rings is 1. The second-order valence-corrected chi connectivity index (χ2v) is 5.28. The fourth-order valence-electron chi connectivity index (χ4n) is 2.10. The Morgan fingerprint density at radius 2 is 2.00 bits per heavy atom. The molecule has 0 unspecified atom stereocenters. The van der Waals surface area contributed by atoms with Gasteiger partial charge in [-0.1, -0.05) is 18.2 Å². The Bertz CT molecular complexity index is 784. The van der Waals surface area contributed by atoms with Crippen LogP contribution in [0.15, 0.2) is 53.6 Å². The highest BCUT2D eigenvalue weighted by Crippen LogP contribution is 2.19. The molecule has 6 heteroatoms. The van der Waals surface area contributed by atoms with Crippen LogP contribution in [0.1, 0.15) is 16.2 Å². The first kappa shape index (κ1) is 13.6. The van der Waals surface area contributed by atoms with Crippen molar-refractivity contribution in [2.45, 2.75) is 11.4 Å². The van der Waals surface area contributed by atoms with Crippen LogP contribution < -0.4 is 5.32 Å². The average molecular weight is 298 g/mol. The molecule has 0 spiro atoms. The van der Waals surface area contributed by atoms with E-state index >= 15 is 0 Å². The molecule has 3 rings (SSSR count). The quantitative estimate of drug-likeness (QED) is 0.751. The highest BCUT2D eigenvalue weighted by atomic mass is 32.2. The van der Waals surface area contributed by atoms with Crippen molar-refractivity contribution in [3.63, 3.8) is 0 Å². The van der Waals surface area contributed by atoms with E-state index in [0.29, 0.717) is 17.9 Å². The van der Waals surface area contributed by atoms with Gasteiger partial charge in [0.1, 0.15) is 0 Å². The maximum atomic E-state index is 12.3. The van der Waals surface area contributed by atoms with E-state index in [0.717, 1.165) is 10.5 Å². The molecule has 1 N–H and O–H groups in total. The van der Waals surface area contributed by atoms with Crippen molar-refractivity contribution in [2.75, 3.05) is 6.26 Å². The van der Waals surface area contributed by atoms with Crippen molar-refractivity contribution in [1.29, 1.82) is 0 Å². The number of fused-ring (bicyclic) bond motifs is 1. The summed E-state index contributed by atoms with van der Waals surface area (Å²) in [5.74, 6) is 0.605. The fourth-order valence-corrected chi connectivity index (χ4v) is 2.69. The molecule has 0 radical (unpaired) electrons. The lowest BCUT2D eigenvalue weighted by atomic mass is 10.2. The Hall–Kier alpha value is -2.34. The van der Waals surface area contributed by atoms with E-state index in [1.54, 1.807) is 11.8 Å². The number of carbonyl (C=O) groups is 1. The highest BCUT2D eigenvalue weighted by Gasteiger charge is 2.11. The van der Waals surface area contributed by atoms with Crippen LogP contribution in [0.3, 0.4) is 0 Å². The molecule has 0 aliphatic heterocycles. The molecule has 2 aromatic heterocycles. The lowest BCUT2D eigenvalue weighted by Crippen LogP contribution is -2.24. The van der Waals surface area contributed by atoms with Gasteiger partial charge in [-0.25, -0.2) is 0 Å². The van der Waals surface area contributed by atoms with Crippen LogP contribution in [-0.4, -0.2) is 26.8 Å². The van der Waals surface area contributed by atoms with E-state index in [2.05, 4.69) is 15.5 Å². The first-order valence-corrected chi connectivity index (χ1v) is 7.72. The molecule has 1 amide bonds. The van der Waals surface area contributed by atoms with Gasteiger partial charge in [-0.2, -0.15) is 0 Å². The zero-order valence-corrected chi connectivity index (χ0v) is 12.3. The van der Waals surface area contributed by atoms with E-state index < -0.39 is 0 Å². The SMILES string of the molecule is CSc1ccccc1C(=O)NCc1nnc2ccccn12. The van der Waals surface area contributed by atoms with Gasteiger partial charge in [0, 0.05) is 11.1 Å². The molecule has 0 aliphatic carbocycles. The largest absolute Gasteiger partial charge is 0.345 e. The van der Waals surface area contributed by atoms with E-state index in [1.807, 2.05) is 59.3 Å². The molecule has 3 aromatic rings. The summed E-state index contributed by atoms with van der Waals surface area (Å²) in [6, 6.07) is 13.2. The summed E-state index contributed by atoms with van der Waals surface area (Å²) in [6.45, 7) is 0.340. The van der Waals surface area contributed by atoms with Gasteiger partial charge in [-0.3, -0.25) is 9.20 Å². The molecule has 0 atom stereocenters. The van der Waals surface area contributed by atoms with Crippen LogP contribution in [0.25, 0.3) is 5.65 Å². The number of pyridine rings is 1. The van der Waals surface area contributed by atoms with Crippen molar-refractivity contribution >= 4 is 23.3 Å². The molecule has 0 saturated carbocycles. The Labute approximate surface area is 126 Å². The van der Waals surface area contributed by atoms with Crippen LogP contribution in [0.4, 0.5) is 0 Å². The molecule has 2 heterocycles. The summed E-state index contributed by atoms with van der Waals surface area (Å²) in [5.41, 5.74) is 1.45. The predicted molar refractivity (Wildman–Crippen MR) is 82.4 cm³/mol. The van der Waals surface area contributed by atoms with Gasteiger partial charge in [0.2, 0.25) is 0 Å². The number of hydrogen-bond donors (Lipinski definition) is 1. The van der Waals surface area contributed by atoms with E-state index in [4.69, 9.17) is 0 Å². The first-order chi connectivity index (χ1) is 10.3. The third-order valence-corrected chi connectivity index (χ3v) is 3.94. The van der Waals surface area contributed by atoms with Crippen molar-refractivity contribution < 1.29 is 4.79 Å². The molecule has 21 heavy (non-hydrogen) atoms. The molecule has 0 aliphatic rings. The monoisotopic (exact) mass is 298 g/mol. The minimum absolute atomic E-state index is 0.104. The molecule has 5 nitrogen and oxygen atoms in total. The van der Waals surface area contributed by atoms with E-state index in [-0.39, 0.29) is 5.91 Å². The number of nitrogens with zero attached hydrogens (tertiary/aromatic N) is 3. The van der Waals surface area contributed by atoms with Gasteiger partial charge in [0.25, 0.3) is 5.91 Å². The van der Waals surface area contributed by atoms with Crippen molar-refractivity contribution in [2.24, 2.45) is 0 Å². The summed E-state index contributed by atoms with van der Waals surface area (Å²) < 4.78 is 1.86. The second-order valence-electron chi connectivity index (χ2n) is 4.43. The topological polar surface area (TPSA) is 59.3 Å². The maximum absolute atomic E-state index is 12.3. The standard InChI is InChI=1S/C15H14N4OS/c1-21-12-7-3-2-6-11(12)15(20)16-10-14-18-17-13-8-4-5-9-19(13)14/h2-9H,10H2,1H3,(H,16,20). The maximum Gasteiger partial charge on any atom is 0.252 e. The Kier molecular flexibility index (Phi) is 3.87. The van der Waals surface area contributed by atoms with E-state index in [9.17, 15) is 4.79 Å². The van der Waals surface area contributed by atoms with Crippen LogP contribution in [0.2, 0.25) is 0 Å². The van der Waals surface area contributed by atoms with Crippen molar-refractivity contribution in [3.8, 4) is 0 Å². The van der Waals surface area contributed by atoms with Crippen LogP contribution in [-0.2, 0) is 6.54 Å². The Balaban J connectivity index is 1.77. The molecule has 1 aromatic carbocycles. The molecule has 0 saturated heterocycles. The van der Waals surface area contributed by atoms with Crippen LogP contribution in [0, 0.1) is 0 Å². The fraction of sp³-hybridized carbons (Fsp3) is 0.133. The predicted octanol–water partition coefficient (Wildman–Crippen LogP) is 2.38. The third-order valence-electron chi connectivity index (χ3n) is 3.14. The number of aromatic nitrogens is 3. The molecule has 106 valence electrons. The summed E-state index contributed by atoms with van der Waals surface area (Å²) in [6.07, 6.45) is 3.84. The molecular formula is C15H14N4OS. The van der Waals surface area contributed by atoms with Gasteiger partial charge in [-0.15, -0.1) is 22.0 Å². The summed E-state index contributed by atoms with van der Waals surface area (Å²) in [4.78, 5) is 13.2. The van der Waals surface area contributed by atoms with Crippen molar-refractivity contribution in [3.05, 3.63) is 60.0 Å². The van der Waals surface area contributed by atoms with E-state index in [1.165, 1.54) is 0 Å². The van der Waals surface area contributed by atoms with Gasteiger partial charge in [-0.05, 0) is 30.5 Å². The Morgan fingerprint density at radius 3 is 2.86 bits per heavy atom. The van der Waals surface area contributed by atoms with Crippen LogP contribution >= 0.6 is 11.8 Å². The molecule has 0 fully saturated rings. The summed E-state index contributed by atoms with van der Waals surface area (Å²) >= 11 is 1.56. The molecular weight excluding hydrogens is 284 g/mol. The van der Waals surface area contributed by atoms with Gasteiger partial charge in [0.15, 0.2) is 11.5 Å². The highest BCUT2D eigenvalue weighted by molar-refractivity contribution is 7.98. The summed E-state index contributed by atoms with van der Waals surface area (Å²) in [5, 5.41) is 11.0. The average Bonchev–Trinajstić information content (AvgIpc) is 2.96. The number of nitrogens with one attached hydrogen (secondary N) is 1. The minimum atomic E-state index is -0.104. The number of carbonyl (C=O) groups excluding carboxylic acids is 1. The normalized spacial score (nSPS) is 10.7. The number of amides is 1.